The minimum Gasteiger partial charge on any atom is -0.489 e. The van der Waals surface area contributed by atoms with Crippen LogP contribution in [0, 0.1) is 6.92 Å². The van der Waals surface area contributed by atoms with Crippen molar-refractivity contribution < 1.29 is 17.9 Å². The second kappa shape index (κ2) is 11.8. The number of nitrogens with zero attached hydrogens (tertiary/aromatic N) is 2. The zero-order chi connectivity index (χ0) is 28.1. The monoisotopic (exact) mass is 571 g/mol. The van der Waals surface area contributed by atoms with E-state index in [1.165, 1.54) is 6.08 Å². The fraction of sp³-hybridized carbons (Fsp3) is 0.0968. The number of hydrogen-bond donors (Lipinski definition) is 1. The molecule has 0 saturated carbocycles. The van der Waals surface area contributed by atoms with Crippen LogP contribution in [0.1, 0.15) is 32.9 Å². The molecule has 1 amide bonds. The molecule has 1 N–H and O–H groups in total. The maximum absolute atomic E-state index is 12.9. The Morgan fingerprint density at radius 2 is 1.70 bits per heavy atom. The Morgan fingerprint density at radius 1 is 0.975 bits per heavy atom. The van der Waals surface area contributed by atoms with Crippen molar-refractivity contribution in [1.29, 1.82) is 0 Å². The summed E-state index contributed by atoms with van der Waals surface area (Å²) in [6.07, 6.45) is 1.43. The number of sulfonamides is 1. The van der Waals surface area contributed by atoms with Crippen molar-refractivity contribution in [1.82, 2.24) is 14.3 Å². The van der Waals surface area contributed by atoms with Crippen LogP contribution in [0.3, 0.4) is 0 Å². The molecule has 0 aliphatic rings. The van der Waals surface area contributed by atoms with Gasteiger partial charge >= 0.3 is 0 Å². The van der Waals surface area contributed by atoms with Gasteiger partial charge in [-0.3, -0.25) is 4.79 Å². The smallest absolute Gasteiger partial charge is 0.265 e. The molecule has 40 heavy (non-hydrogen) atoms. The van der Waals surface area contributed by atoms with Crippen LogP contribution in [0.2, 0.25) is 5.02 Å². The van der Waals surface area contributed by atoms with Crippen LogP contribution in [0.4, 0.5) is 0 Å². The van der Waals surface area contributed by atoms with Crippen molar-refractivity contribution in [2.75, 3.05) is 0 Å². The number of carbonyl (C=O) groups is 1. The summed E-state index contributed by atoms with van der Waals surface area (Å²) in [4.78, 5) is 17.5. The van der Waals surface area contributed by atoms with E-state index in [1.54, 1.807) is 42.5 Å². The number of aromatic nitrogens is 2. The molecule has 0 fully saturated rings. The zero-order valence-electron chi connectivity index (χ0n) is 21.6. The highest BCUT2D eigenvalue weighted by molar-refractivity contribution is 7.93. The third-order valence-corrected chi connectivity index (χ3v) is 7.59. The molecule has 0 aliphatic carbocycles. The van der Waals surface area contributed by atoms with Crippen LogP contribution in [-0.4, -0.2) is 23.9 Å². The molecule has 4 aromatic carbocycles. The molecule has 5 aromatic rings. The topological polar surface area (TPSA) is 90.3 Å². The van der Waals surface area contributed by atoms with Gasteiger partial charge in [-0.15, -0.1) is 0 Å². The number of benzene rings is 4. The summed E-state index contributed by atoms with van der Waals surface area (Å²) >= 11 is 6.63. The van der Waals surface area contributed by atoms with Gasteiger partial charge in [0.15, 0.2) is 0 Å². The first-order chi connectivity index (χ1) is 19.3. The Bertz CT molecular complexity index is 1800. The molecule has 9 heteroatoms. The van der Waals surface area contributed by atoms with Crippen molar-refractivity contribution in [2.24, 2.45) is 0 Å². The average molecular weight is 572 g/mol. The molecule has 5 rings (SSSR count). The molecule has 0 bridgehead atoms. The zero-order valence-corrected chi connectivity index (χ0v) is 23.2. The number of rotatable bonds is 9. The van der Waals surface area contributed by atoms with Gasteiger partial charge in [0.05, 0.1) is 23.0 Å². The molecule has 0 radical (unpaired) electrons. The van der Waals surface area contributed by atoms with Crippen LogP contribution < -0.4 is 9.46 Å². The number of hydrogen-bond acceptors (Lipinski definition) is 5. The van der Waals surface area contributed by atoms with Crippen molar-refractivity contribution >= 4 is 44.6 Å². The van der Waals surface area contributed by atoms with Crippen molar-refractivity contribution in [3.8, 4) is 5.75 Å². The lowest BCUT2D eigenvalue weighted by Gasteiger charge is -2.12. The van der Waals surface area contributed by atoms with E-state index >= 15 is 0 Å². The lowest BCUT2D eigenvalue weighted by molar-refractivity contribution is 0.0982. The Hall–Kier alpha value is -4.40. The summed E-state index contributed by atoms with van der Waals surface area (Å²) in [6.45, 7) is 2.68. The van der Waals surface area contributed by atoms with Crippen molar-refractivity contribution in [2.45, 2.75) is 20.1 Å². The first-order valence-corrected chi connectivity index (χ1v) is 14.4. The SMILES string of the molecule is Cc1nc2ccc(C(=O)NS(=O)(=O)C=Cc3ccccc3)cc2n1Cc1ccc(COc2ccccc2)cc1Cl. The minimum absolute atomic E-state index is 0.199. The molecule has 1 heterocycles. The van der Waals surface area contributed by atoms with E-state index in [-0.39, 0.29) is 5.56 Å². The quantitative estimate of drug-likeness (QED) is 0.222. The number of para-hydroxylation sites is 1. The summed E-state index contributed by atoms with van der Waals surface area (Å²) in [7, 11) is -4.00. The highest BCUT2D eigenvalue weighted by Crippen LogP contribution is 2.24. The molecule has 0 spiro atoms. The van der Waals surface area contributed by atoms with Crippen LogP contribution >= 0.6 is 11.6 Å². The number of amides is 1. The average Bonchev–Trinajstić information content (AvgIpc) is 3.27. The molecular formula is C31H26ClN3O4S. The first kappa shape index (κ1) is 27.2. The first-order valence-electron chi connectivity index (χ1n) is 12.5. The fourth-order valence-electron chi connectivity index (χ4n) is 4.20. The Morgan fingerprint density at radius 3 is 2.42 bits per heavy atom. The Kier molecular flexibility index (Phi) is 8.00. The Balaban J connectivity index is 1.32. The van der Waals surface area contributed by atoms with Crippen molar-refractivity contribution in [3.63, 3.8) is 0 Å². The van der Waals surface area contributed by atoms with E-state index in [0.717, 1.165) is 28.1 Å². The third kappa shape index (κ3) is 6.59. The summed E-state index contributed by atoms with van der Waals surface area (Å²) in [5.41, 5.74) is 4.09. The predicted molar refractivity (Wildman–Crippen MR) is 158 cm³/mol. The maximum Gasteiger partial charge on any atom is 0.265 e. The Labute approximate surface area is 237 Å². The van der Waals surface area contributed by atoms with Gasteiger partial charge in [0.2, 0.25) is 0 Å². The standard InChI is InChI=1S/C31H26ClN3O4S/c1-22-33-29-15-14-25(31(36)34-40(37,38)17-16-23-8-4-2-5-9-23)19-30(29)35(22)20-26-13-12-24(18-28(26)32)21-39-27-10-6-3-7-11-27/h2-19H,20-21H2,1H3,(H,34,36). The molecule has 1 aromatic heterocycles. The molecule has 7 nitrogen and oxygen atoms in total. The normalized spacial score (nSPS) is 11.7. The number of fused-ring (bicyclic) bond motifs is 1. The fourth-order valence-corrected chi connectivity index (χ4v) is 5.24. The van der Waals surface area contributed by atoms with E-state index in [2.05, 4.69) is 9.71 Å². The van der Waals surface area contributed by atoms with Crippen molar-refractivity contribution in [3.05, 3.63) is 136 Å². The van der Waals surface area contributed by atoms with E-state index in [0.29, 0.717) is 34.8 Å². The number of imidazole rings is 1. The highest BCUT2D eigenvalue weighted by atomic mass is 35.5. The van der Waals surface area contributed by atoms with Gasteiger partial charge in [0.1, 0.15) is 18.2 Å². The molecule has 0 aliphatic heterocycles. The number of halogens is 1. The van der Waals surface area contributed by atoms with Gasteiger partial charge in [0, 0.05) is 10.6 Å². The molecule has 0 unspecified atom stereocenters. The van der Waals surface area contributed by atoms with Gasteiger partial charge < -0.3 is 9.30 Å². The van der Waals surface area contributed by atoms with Gasteiger partial charge in [-0.2, -0.15) is 0 Å². The van der Waals surface area contributed by atoms with Crippen LogP contribution in [0.5, 0.6) is 5.75 Å². The van der Waals surface area contributed by atoms with Gasteiger partial charge in [-0.25, -0.2) is 18.1 Å². The number of carbonyl (C=O) groups excluding carboxylic acids is 1. The minimum atomic E-state index is -4.00. The second-order valence-electron chi connectivity index (χ2n) is 9.17. The summed E-state index contributed by atoms with van der Waals surface area (Å²) in [5.74, 6) is 0.785. The van der Waals surface area contributed by atoms with Gasteiger partial charge in [0.25, 0.3) is 15.9 Å². The number of aryl methyl sites for hydroxylation is 1. The molecule has 0 saturated heterocycles. The highest BCUT2D eigenvalue weighted by Gasteiger charge is 2.17. The lowest BCUT2D eigenvalue weighted by Crippen LogP contribution is -2.28. The van der Waals surface area contributed by atoms with Gasteiger partial charge in [-0.1, -0.05) is 72.3 Å². The van der Waals surface area contributed by atoms with E-state index in [4.69, 9.17) is 16.3 Å². The summed E-state index contributed by atoms with van der Waals surface area (Å²) in [6, 6.07) is 29.2. The second-order valence-corrected chi connectivity index (χ2v) is 11.1. The van der Waals surface area contributed by atoms with E-state index in [9.17, 15) is 13.2 Å². The molecule has 202 valence electrons. The lowest BCUT2D eigenvalue weighted by atomic mass is 10.1. The van der Waals surface area contributed by atoms with Gasteiger partial charge in [-0.05, 0) is 66.1 Å². The maximum atomic E-state index is 12.9. The third-order valence-electron chi connectivity index (χ3n) is 6.27. The number of ether oxygens (including phenoxy) is 1. The largest absolute Gasteiger partial charge is 0.489 e. The summed E-state index contributed by atoms with van der Waals surface area (Å²) < 4.78 is 34.9. The number of nitrogens with one attached hydrogen (secondary N) is 1. The van der Waals surface area contributed by atoms with Crippen LogP contribution in [0.25, 0.3) is 17.1 Å². The summed E-state index contributed by atoms with van der Waals surface area (Å²) in [5, 5.41) is 1.56. The molecule has 0 atom stereocenters. The molecular weight excluding hydrogens is 546 g/mol. The predicted octanol–water partition coefficient (Wildman–Crippen LogP) is 6.36. The van der Waals surface area contributed by atoms with E-state index < -0.39 is 15.9 Å². The van der Waals surface area contributed by atoms with Crippen LogP contribution in [-0.2, 0) is 23.2 Å². The van der Waals surface area contributed by atoms with E-state index in [1.807, 2.05) is 66.1 Å². The van der Waals surface area contributed by atoms with Crippen LogP contribution in [0.15, 0.2) is 102 Å².